The molecule has 1 aliphatic rings. The number of hydrogen-bond acceptors (Lipinski definition) is 3. The van der Waals surface area contributed by atoms with Crippen LogP contribution in [-0.2, 0) is 0 Å². The van der Waals surface area contributed by atoms with Crippen LogP contribution in [0.3, 0.4) is 0 Å². The van der Waals surface area contributed by atoms with E-state index < -0.39 is 0 Å². The van der Waals surface area contributed by atoms with Gasteiger partial charge in [0.25, 0.3) is 0 Å². The molecule has 1 aromatic heterocycles. The summed E-state index contributed by atoms with van der Waals surface area (Å²) in [6.07, 6.45) is 1.97. The van der Waals surface area contributed by atoms with Crippen LogP contribution in [0.25, 0.3) is 28.3 Å². The van der Waals surface area contributed by atoms with Gasteiger partial charge in [-0.25, -0.2) is 4.98 Å². The van der Waals surface area contributed by atoms with E-state index in [0.717, 1.165) is 62.5 Å². The smallest absolute Gasteiger partial charge is 0.144 e. The molecular weight excluding hydrogens is 524 g/mol. The molecule has 1 aliphatic heterocycles. The minimum Gasteiger partial charge on any atom is -0.306 e. The Kier molecular flexibility index (Phi) is 6.08. The lowest BCUT2D eigenvalue weighted by Crippen LogP contribution is -2.23. The summed E-state index contributed by atoms with van der Waals surface area (Å²) in [5.74, 6) is 0.916. The maximum atomic E-state index is 4.90. The monoisotopic (exact) mass is 552 g/mol. The molecular formula is C39H28N4. The van der Waals surface area contributed by atoms with E-state index in [1.807, 2.05) is 18.3 Å². The van der Waals surface area contributed by atoms with E-state index in [1.165, 1.54) is 0 Å². The maximum absolute atomic E-state index is 4.90. The van der Waals surface area contributed by atoms with Crippen LogP contribution in [0.15, 0.2) is 170 Å². The number of imidazole rings is 1. The van der Waals surface area contributed by atoms with Crippen molar-refractivity contribution >= 4 is 34.1 Å². The molecule has 6 aromatic carbocycles. The Morgan fingerprint density at radius 2 is 0.744 bits per heavy atom. The quantitative estimate of drug-likeness (QED) is 0.212. The van der Waals surface area contributed by atoms with Crippen LogP contribution in [-0.4, -0.2) is 9.55 Å². The van der Waals surface area contributed by atoms with E-state index in [0.29, 0.717) is 0 Å². The molecule has 0 fully saturated rings. The standard InChI is InChI=1S/C39H28N4/c1-4-14-29(15-5-1)38-28-40-39(30-16-6-2-7-17-30)43(38)33-26-24-32(25-27-33)42-36-22-12-10-20-34(36)41(31-18-8-3-9-19-31)35-21-11-13-23-37(35)42/h1-28H. The Hall–Kier alpha value is -5.87. The summed E-state index contributed by atoms with van der Waals surface area (Å²) < 4.78 is 2.25. The lowest BCUT2D eigenvalue weighted by Gasteiger charge is -2.40. The fourth-order valence-corrected chi connectivity index (χ4v) is 6.05. The molecule has 2 heterocycles. The van der Waals surface area contributed by atoms with Crippen LogP contribution in [0.2, 0.25) is 0 Å². The summed E-state index contributed by atoms with van der Waals surface area (Å²) in [5.41, 5.74) is 11.1. The third-order valence-corrected chi connectivity index (χ3v) is 7.97. The number of nitrogens with zero attached hydrogens (tertiary/aromatic N) is 4. The molecule has 4 nitrogen and oxygen atoms in total. The Morgan fingerprint density at radius 3 is 1.26 bits per heavy atom. The molecule has 0 N–H and O–H groups in total. The lowest BCUT2D eigenvalue weighted by atomic mass is 10.0. The van der Waals surface area contributed by atoms with Gasteiger partial charge in [0.15, 0.2) is 0 Å². The van der Waals surface area contributed by atoms with Gasteiger partial charge in [-0.2, -0.15) is 0 Å². The first-order chi connectivity index (χ1) is 21.4. The number of fused-ring (bicyclic) bond motifs is 2. The maximum Gasteiger partial charge on any atom is 0.144 e. The Morgan fingerprint density at radius 1 is 0.349 bits per heavy atom. The highest BCUT2D eigenvalue weighted by molar-refractivity contribution is 6.01. The van der Waals surface area contributed by atoms with Gasteiger partial charge in [-0.1, -0.05) is 103 Å². The molecule has 0 bridgehead atoms. The molecule has 7 aromatic rings. The van der Waals surface area contributed by atoms with Gasteiger partial charge in [-0.3, -0.25) is 4.57 Å². The molecule has 0 amide bonds. The molecule has 0 unspecified atom stereocenters. The first kappa shape index (κ1) is 24.9. The number of anilines is 6. The van der Waals surface area contributed by atoms with Crippen LogP contribution in [0.1, 0.15) is 0 Å². The fraction of sp³-hybridized carbons (Fsp3) is 0. The zero-order chi connectivity index (χ0) is 28.6. The summed E-state index contributed by atoms with van der Waals surface area (Å²) in [7, 11) is 0. The number of aromatic nitrogens is 2. The number of benzene rings is 6. The minimum absolute atomic E-state index is 0.916. The summed E-state index contributed by atoms with van der Waals surface area (Å²) >= 11 is 0. The molecule has 0 saturated carbocycles. The predicted octanol–water partition coefficient (Wildman–Crippen LogP) is 10.5. The van der Waals surface area contributed by atoms with Crippen LogP contribution in [0.4, 0.5) is 34.1 Å². The SMILES string of the molecule is c1ccc(-c2cnc(-c3ccccc3)n2-c2ccc(N3c4ccccc4N(c4ccccc4)c4ccccc43)cc2)cc1. The Balaban J connectivity index is 1.26. The van der Waals surface area contributed by atoms with Gasteiger partial charge in [-0.15, -0.1) is 0 Å². The zero-order valence-corrected chi connectivity index (χ0v) is 23.5. The topological polar surface area (TPSA) is 24.3 Å². The van der Waals surface area contributed by atoms with Crippen molar-refractivity contribution in [3.8, 4) is 28.3 Å². The van der Waals surface area contributed by atoms with Crippen molar-refractivity contribution < 1.29 is 0 Å². The first-order valence-corrected chi connectivity index (χ1v) is 14.5. The van der Waals surface area contributed by atoms with Gasteiger partial charge >= 0.3 is 0 Å². The van der Waals surface area contributed by atoms with Crippen molar-refractivity contribution in [3.63, 3.8) is 0 Å². The highest BCUT2D eigenvalue weighted by Crippen LogP contribution is 2.53. The second-order valence-electron chi connectivity index (χ2n) is 10.5. The summed E-state index contributed by atoms with van der Waals surface area (Å²) in [5, 5.41) is 0. The zero-order valence-electron chi connectivity index (χ0n) is 23.5. The van der Waals surface area contributed by atoms with Crippen molar-refractivity contribution in [3.05, 3.63) is 170 Å². The number of para-hydroxylation sites is 5. The van der Waals surface area contributed by atoms with Gasteiger partial charge in [-0.05, 0) is 60.7 Å². The highest BCUT2D eigenvalue weighted by Gasteiger charge is 2.30. The molecule has 0 saturated heterocycles. The van der Waals surface area contributed by atoms with E-state index >= 15 is 0 Å². The van der Waals surface area contributed by atoms with E-state index in [9.17, 15) is 0 Å². The Bertz CT molecular complexity index is 1910. The molecule has 0 aliphatic carbocycles. The molecule has 43 heavy (non-hydrogen) atoms. The molecule has 0 atom stereocenters. The van der Waals surface area contributed by atoms with E-state index in [2.05, 4.69) is 166 Å². The third-order valence-electron chi connectivity index (χ3n) is 7.97. The van der Waals surface area contributed by atoms with Crippen molar-refractivity contribution in [2.75, 3.05) is 9.80 Å². The number of rotatable bonds is 5. The van der Waals surface area contributed by atoms with E-state index in [-0.39, 0.29) is 0 Å². The molecule has 204 valence electrons. The van der Waals surface area contributed by atoms with E-state index in [4.69, 9.17) is 4.98 Å². The lowest BCUT2D eigenvalue weighted by molar-refractivity contribution is 1.07. The largest absolute Gasteiger partial charge is 0.306 e. The average molecular weight is 553 g/mol. The van der Waals surface area contributed by atoms with Gasteiger partial charge in [0.05, 0.1) is 34.6 Å². The van der Waals surface area contributed by atoms with Crippen molar-refractivity contribution in [1.29, 1.82) is 0 Å². The predicted molar refractivity (Wildman–Crippen MR) is 177 cm³/mol. The normalized spacial score (nSPS) is 12.1. The van der Waals surface area contributed by atoms with Gasteiger partial charge in [0.2, 0.25) is 0 Å². The molecule has 4 heteroatoms. The second kappa shape index (κ2) is 10.5. The van der Waals surface area contributed by atoms with Crippen LogP contribution >= 0.6 is 0 Å². The van der Waals surface area contributed by atoms with Crippen LogP contribution in [0.5, 0.6) is 0 Å². The van der Waals surface area contributed by atoms with Crippen molar-refractivity contribution in [2.24, 2.45) is 0 Å². The molecule has 0 spiro atoms. The second-order valence-corrected chi connectivity index (χ2v) is 10.5. The minimum atomic E-state index is 0.916. The van der Waals surface area contributed by atoms with Crippen LogP contribution in [0, 0.1) is 0 Å². The van der Waals surface area contributed by atoms with Gasteiger partial charge in [0.1, 0.15) is 5.82 Å². The first-order valence-electron chi connectivity index (χ1n) is 14.5. The Labute approximate surface area is 251 Å². The summed E-state index contributed by atoms with van der Waals surface area (Å²) in [6.45, 7) is 0. The third kappa shape index (κ3) is 4.28. The fourth-order valence-electron chi connectivity index (χ4n) is 6.05. The van der Waals surface area contributed by atoms with E-state index in [1.54, 1.807) is 0 Å². The summed E-state index contributed by atoms with van der Waals surface area (Å²) in [4.78, 5) is 9.60. The molecule has 8 rings (SSSR count). The molecule has 0 radical (unpaired) electrons. The average Bonchev–Trinajstić information content (AvgIpc) is 3.54. The van der Waals surface area contributed by atoms with Crippen molar-refractivity contribution in [1.82, 2.24) is 9.55 Å². The highest BCUT2D eigenvalue weighted by atomic mass is 15.3. The van der Waals surface area contributed by atoms with Gasteiger partial charge < -0.3 is 9.80 Å². The van der Waals surface area contributed by atoms with Crippen molar-refractivity contribution in [2.45, 2.75) is 0 Å². The van der Waals surface area contributed by atoms with Gasteiger partial charge in [0, 0.05) is 28.2 Å². The van der Waals surface area contributed by atoms with Crippen LogP contribution < -0.4 is 9.80 Å². The summed E-state index contributed by atoms with van der Waals surface area (Å²) in [6, 6.07) is 57.5. The number of hydrogen-bond donors (Lipinski definition) is 0.